The molecule has 0 amide bonds. The fraction of sp³-hybridized carbons (Fsp3) is 0.120. The molecule has 33 heavy (non-hydrogen) atoms. The highest BCUT2D eigenvalue weighted by Gasteiger charge is 2.22. The molecule has 0 aliphatic rings. The van der Waals surface area contributed by atoms with Gasteiger partial charge in [-0.1, -0.05) is 30.3 Å². The third-order valence-electron chi connectivity index (χ3n) is 5.78. The van der Waals surface area contributed by atoms with E-state index in [0.717, 1.165) is 16.5 Å². The molecule has 0 aliphatic carbocycles. The van der Waals surface area contributed by atoms with E-state index in [1.165, 1.54) is 10.6 Å². The first-order valence-corrected chi connectivity index (χ1v) is 10.8. The number of fused-ring (bicyclic) bond motifs is 1. The number of nitrogens with one attached hydrogen (secondary N) is 1. The highest BCUT2D eigenvalue weighted by atomic mass is 35.5. The third kappa shape index (κ3) is 3.76. The summed E-state index contributed by atoms with van der Waals surface area (Å²) in [6.45, 7) is 0. The summed E-state index contributed by atoms with van der Waals surface area (Å²) in [5, 5.41) is 28.1. The molecule has 2 aromatic heterocycles. The number of aromatic nitrogens is 4. The molecule has 0 aliphatic heterocycles. The summed E-state index contributed by atoms with van der Waals surface area (Å²) in [5.41, 5.74) is 2.92. The Labute approximate surface area is 194 Å². The van der Waals surface area contributed by atoms with Gasteiger partial charge < -0.3 is 14.8 Å². The van der Waals surface area contributed by atoms with E-state index in [9.17, 15) is 15.0 Å². The quantitative estimate of drug-likeness (QED) is 0.332. The molecular weight excluding hydrogens is 440 g/mol. The highest BCUT2D eigenvalue weighted by Crippen LogP contribution is 2.40. The number of alkyl halides is 1. The first kappa shape index (κ1) is 20.9. The molecule has 3 aromatic carbocycles. The zero-order valence-corrected chi connectivity index (χ0v) is 18.5. The summed E-state index contributed by atoms with van der Waals surface area (Å²) < 4.78 is 3.38. The summed E-state index contributed by atoms with van der Waals surface area (Å²) in [4.78, 5) is 12.7. The molecule has 1 atom stereocenters. The molecule has 5 rings (SSSR count). The Morgan fingerprint density at radius 1 is 1.03 bits per heavy atom. The van der Waals surface area contributed by atoms with Gasteiger partial charge in [0.25, 0.3) is 0 Å². The summed E-state index contributed by atoms with van der Waals surface area (Å²) in [7, 11) is 1.95. The van der Waals surface area contributed by atoms with Gasteiger partial charge >= 0.3 is 5.69 Å². The van der Waals surface area contributed by atoms with E-state index < -0.39 is 11.1 Å². The number of aryl methyl sites for hydroxylation is 1. The van der Waals surface area contributed by atoms with Crippen LogP contribution in [0.5, 0.6) is 11.5 Å². The van der Waals surface area contributed by atoms with Crippen LogP contribution in [0.3, 0.4) is 0 Å². The van der Waals surface area contributed by atoms with E-state index in [-0.39, 0.29) is 22.9 Å². The van der Waals surface area contributed by atoms with Gasteiger partial charge in [-0.15, -0.1) is 11.6 Å². The van der Waals surface area contributed by atoms with Gasteiger partial charge in [0.15, 0.2) is 5.82 Å². The standard InChI is InChI=1S/C25H21ClN4O3/c1-29-10-9-16-12-17(7-8-21(16)29)30-24(27-28-25(30)33)19-13-18(22(31)14-23(19)32)20(26)11-15-5-3-2-4-6-15/h2-10,12-14,20,31-32H,11H2,1H3,(H,28,33). The SMILES string of the molecule is Cn1ccc2cc(-n3c(-c4cc(C(Cl)Cc5ccccc5)c(O)cc4O)n[nH]c3=O)ccc21. The lowest BCUT2D eigenvalue weighted by Gasteiger charge is -2.15. The lowest BCUT2D eigenvalue weighted by atomic mass is 10.00. The number of aromatic amines is 1. The molecule has 8 heteroatoms. The van der Waals surface area contributed by atoms with Crippen LogP contribution in [-0.4, -0.2) is 29.5 Å². The zero-order chi connectivity index (χ0) is 23.1. The smallest absolute Gasteiger partial charge is 0.348 e. The van der Waals surface area contributed by atoms with Crippen molar-refractivity contribution in [3.8, 4) is 28.6 Å². The molecule has 2 heterocycles. The van der Waals surface area contributed by atoms with Crippen molar-refractivity contribution in [3.63, 3.8) is 0 Å². The van der Waals surface area contributed by atoms with Gasteiger partial charge in [0, 0.05) is 35.8 Å². The number of phenolic OH excluding ortho intramolecular Hbond substituents is 2. The van der Waals surface area contributed by atoms with Gasteiger partial charge in [-0.25, -0.2) is 14.5 Å². The minimum atomic E-state index is -0.550. The Balaban J connectivity index is 1.60. The molecule has 166 valence electrons. The molecule has 7 nitrogen and oxygen atoms in total. The predicted octanol–water partition coefficient (Wildman–Crippen LogP) is 4.65. The first-order valence-electron chi connectivity index (χ1n) is 10.4. The number of hydrogen-bond donors (Lipinski definition) is 3. The van der Waals surface area contributed by atoms with Crippen molar-refractivity contribution in [3.05, 3.63) is 94.5 Å². The minimum absolute atomic E-state index is 0.123. The van der Waals surface area contributed by atoms with Crippen molar-refractivity contribution in [2.24, 2.45) is 7.05 Å². The molecule has 5 aromatic rings. The molecule has 0 radical (unpaired) electrons. The maximum atomic E-state index is 12.7. The van der Waals surface area contributed by atoms with E-state index in [4.69, 9.17) is 11.6 Å². The number of nitrogens with zero attached hydrogens (tertiary/aromatic N) is 3. The van der Waals surface area contributed by atoms with Crippen LogP contribution in [-0.2, 0) is 13.5 Å². The second-order valence-electron chi connectivity index (χ2n) is 7.94. The number of hydrogen-bond acceptors (Lipinski definition) is 4. The largest absolute Gasteiger partial charge is 0.507 e. The molecule has 3 N–H and O–H groups in total. The molecule has 1 unspecified atom stereocenters. The number of phenols is 2. The van der Waals surface area contributed by atoms with Crippen molar-refractivity contribution in [1.82, 2.24) is 19.3 Å². The van der Waals surface area contributed by atoms with Gasteiger partial charge in [0.05, 0.1) is 16.6 Å². The number of aromatic hydroxyl groups is 2. The van der Waals surface area contributed by atoms with Crippen LogP contribution in [0.4, 0.5) is 0 Å². The van der Waals surface area contributed by atoms with Crippen LogP contribution in [0, 0.1) is 0 Å². The molecule has 0 saturated carbocycles. The fourth-order valence-electron chi connectivity index (χ4n) is 4.08. The van der Waals surface area contributed by atoms with Gasteiger partial charge in [-0.05, 0) is 42.3 Å². The summed E-state index contributed by atoms with van der Waals surface area (Å²) in [6.07, 6.45) is 2.43. The van der Waals surface area contributed by atoms with Crippen LogP contribution >= 0.6 is 11.6 Å². The Hall–Kier alpha value is -3.97. The van der Waals surface area contributed by atoms with E-state index in [1.54, 1.807) is 6.07 Å². The second-order valence-corrected chi connectivity index (χ2v) is 8.47. The molecule has 0 bridgehead atoms. The highest BCUT2D eigenvalue weighted by molar-refractivity contribution is 6.21. The van der Waals surface area contributed by atoms with Gasteiger partial charge in [0.1, 0.15) is 11.5 Å². The van der Waals surface area contributed by atoms with Gasteiger partial charge in [-0.2, -0.15) is 5.10 Å². The van der Waals surface area contributed by atoms with Crippen LogP contribution < -0.4 is 5.69 Å². The maximum Gasteiger partial charge on any atom is 0.348 e. The molecule has 0 spiro atoms. The lowest BCUT2D eigenvalue weighted by molar-refractivity contribution is 0.446. The average molecular weight is 461 g/mol. The summed E-state index contributed by atoms with van der Waals surface area (Å²) >= 11 is 6.65. The monoisotopic (exact) mass is 460 g/mol. The summed E-state index contributed by atoms with van der Waals surface area (Å²) in [5.74, 6) is -0.110. The zero-order valence-electron chi connectivity index (χ0n) is 17.7. The number of H-pyrrole nitrogens is 1. The molecule has 0 saturated heterocycles. The Bertz CT molecular complexity index is 1520. The van der Waals surface area contributed by atoms with Crippen LogP contribution in [0.15, 0.2) is 77.7 Å². The topological polar surface area (TPSA) is 96.1 Å². The lowest BCUT2D eigenvalue weighted by Crippen LogP contribution is -2.15. The maximum absolute atomic E-state index is 12.7. The van der Waals surface area contributed by atoms with Gasteiger partial charge in [0.2, 0.25) is 0 Å². The molecule has 0 fully saturated rings. The van der Waals surface area contributed by atoms with Crippen molar-refractivity contribution in [2.45, 2.75) is 11.8 Å². The second kappa shape index (κ2) is 8.18. The third-order valence-corrected chi connectivity index (χ3v) is 6.17. The first-order chi connectivity index (χ1) is 15.9. The predicted molar refractivity (Wildman–Crippen MR) is 128 cm³/mol. The Morgan fingerprint density at radius 2 is 1.82 bits per heavy atom. The average Bonchev–Trinajstić information content (AvgIpc) is 3.36. The minimum Gasteiger partial charge on any atom is -0.507 e. The Morgan fingerprint density at radius 3 is 2.61 bits per heavy atom. The van der Waals surface area contributed by atoms with Crippen LogP contribution in [0.25, 0.3) is 28.0 Å². The van der Waals surface area contributed by atoms with E-state index in [0.29, 0.717) is 17.7 Å². The fourth-order valence-corrected chi connectivity index (χ4v) is 4.43. The summed E-state index contributed by atoms with van der Waals surface area (Å²) in [6, 6.07) is 20.1. The van der Waals surface area contributed by atoms with E-state index in [2.05, 4.69) is 10.2 Å². The van der Waals surface area contributed by atoms with Crippen LogP contribution in [0.2, 0.25) is 0 Å². The Kier molecular flexibility index (Phi) is 5.18. The molecular formula is C25H21ClN4O3. The van der Waals surface area contributed by atoms with Crippen molar-refractivity contribution >= 4 is 22.5 Å². The van der Waals surface area contributed by atoms with Crippen molar-refractivity contribution < 1.29 is 10.2 Å². The number of halogens is 1. The van der Waals surface area contributed by atoms with Crippen molar-refractivity contribution in [2.75, 3.05) is 0 Å². The van der Waals surface area contributed by atoms with Crippen LogP contribution in [0.1, 0.15) is 16.5 Å². The number of rotatable bonds is 5. The van der Waals surface area contributed by atoms with Gasteiger partial charge in [-0.3, -0.25) is 0 Å². The normalized spacial score (nSPS) is 12.3. The van der Waals surface area contributed by atoms with E-state index in [1.807, 2.05) is 72.4 Å². The van der Waals surface area contributed by atoms with Crippen molar-refractivity contribution in [1.29, 1.82) is 0 Å². The van der Waals surface area contributed by atoms with E-state index >= 15 is 0 Å². The number of benzene rings is 3.